The summed E-state index contributed by atoms with van der Waals surface area (Å²) in [6, 6.07) is 12.9. The molecule has 0 saturated heterocycles. The van der Waals surface area contributed by atoms with Crippen molar-refractivity contribution in [1.82, 2.24) is 5.32 Å². The van der Waals surface area contributed by atoms with E-state index in [2.05, 4.69) is 63.3 Å². The Balaban J connectivity index is 2.02. The molecule has 0 radical (unpaired) electrons. The molecule has 0 bridgehead atoms. The fraction of sp³-hybridized carbons (Fsp3) is 0.613. The molecule has 0 amide bonds. The molecule has 2 aromatic rings. The lowest BCUT2D eigenvalue weighted by Crippen LogP contribution is -2.28. The Hall–Kier alpha value is -2.00. The summed E-state index contributed by atoms with van der Waals surface area (Å²) >= 11 is 0. The van der Waals surface area contributed by atoms with Gasteiger partial charge in [0.2, 0.25) is 0 Å². The second-order valence-corrected chi connectivity index (χ2v) is 9.93. The highest BCUT2D eigenvalue weighted by Gasteiger charge is 2.33. The number of aromatic hydroxyl groups is 1. The summed E-state index contributed by atoms with van der Waals surface area (Å²) in [6.45, 7) is 13.6. The smallest absolute Gasteiger partial charge is 0.122 e. The number of phenolic OH excluding ortho intramolecular Hbond substituents is 1. The van der Waals surface area contributed by atoms with Crippen LogP contribution >= 0.6 is 0 Å². The molecular weight excluding hydrogens is 418 g/mol. The van der Waals surface area contributed by atoms with E-state index in [0.29, 0.717) is 12.4 Å². The lowest BCUT2D eigenvalue weighted by molar-refractivity contribution is 0.311. The van der Waals surface area contributed by atoms with Gasteiger partial charge in [0, 0.05) is 12.0 Å². The molecule has 3 nitrogen and oxygen atoms in total. The summed E-state index contributed by atoms with van der Waals surface area (Å²) in [5.74, 6) is 1.35. The van der Waals surface area contributed by atoms with Gasteiger partial charge in [-0.2, -0.15) is 0 Å². The van der Waals surface area contributed by atoms with Crippen LogP contribution < -0.4 is 10.1 Å². The first-order valence-electron chi connectivity index (χ1n) is 13.7. The molecule has 0 aliphatic heterocycles. The molecule has 0 spiro atoms. The van der Waals surface area contributed by atoms with Crippen LogP contribution in [0.15, 0.2) is 36.4 Å². The van der Waals surface area contributed by atoms with Crippen molar-refractivity contribution in [2.45, 2.75) is 104 Å². The molecule has 0 saturated carbocycles. The third kappa shape index (κ3) is 8.05. The maximum atomic E-state index is 10.1. The van der Waals surface area contributed by atoms with Crippen molar-refractivity contribution in [1.29, 1.82) is 0 Å². The standard InChI is InChI=1S/C31H49NO2/c1-6-9-10-11-12-13-20-32-21-22-34-30-17-15-28(24-26(30)5)31(18-7-2,19-8-3)27-14-16-29(33)25(4)23-27/h14-17,23-24,32-33H,6-13,18-22H2,1-5H3. The first-order valence-corrected chi connectivity index (χ1v) is 13.7. The number of hydrogen-bond acceptors (Lipinski definition) is 3. The van der Waals surface area contributed by atoms with Gasteiger partial charge in [-0.15, -0.1) is 0 Å². The molecule has 0 aliphatic carbocycles. The third-order valence-electron chi connectivity index (χ3n) is 7.07. The van der Waals surface area contributed by atoms with Crippen LogP contribution in [0.5, 0.6) is 11.5 Å². The third-order valence-corrected chi connectivity index (χ3v) is 7.07. The molecule has 2 aromatic carbocycles. The quantitative estimate of drug-likeness (QED) is 0.230. The SMILES string of the molecule is CCCCCCCCNCCOc1ccc(C(CCC)(CCC)c2ccc(O)c(C)c2)cc1C. The average Bonchev–Trinajstić information content (AvgIpc) is 2.82. The highest BCUT2D eigenvalue weighted by molar-refractivity contribution is 5.48. The zero-order chi connectivity index (χ0) is 24.8. The Bertz CT molecular complexity index is 839. The molecule has 0 heterocycles. The first kappa shape index (κ1) is 28.2. The van der Waals surface area contributed by atoms with Gasteiger partial charge < -0.3 is 15.2 Å². The number of rotatable bonds is 17. The maximum Gasteiger partial charge on any atom is 0.122 e. The van der Waals surface area contributed by atoms with Crippen LogP contribution in [0, 0.1) is 13.8 Å². The average molecular weight is 468 g/mol. The van der Waals surface area contributed by atoms with Gasteiger partial charge in [0.1, 0.15) is 18.1 Å². The lowest BCUT2D eigenvalue weighted by atomic mass is 9.68. The molecule has 0 aliphatic rings. The minimum absolute atomic E-state index is 0.0378. The Morgan fingerprint density at radius 1 is 0.735 bits per heavy atom. The molecule has 0 unspecified atom stereocenters. The van der Waals surface area contributed by atoms with E-state index in [1.807, 2.05) is 13.0 Å². The summed E-state index contributed by atoms with van der Waals surface area (Å²) in [4.78, 5) is 0. The van der Waals surface area contributed by atoms with Crippen molar-refractivity contribution in [2.75, 3.05) is 19.7 Å². The van der Waals surface area contributed by atoms with Crippen LogP contribution in [0.2, 0.25) is 0 Å². The molecule has 0 aromatic heterocycles. The fourth-order valence-electron chi connectivity index (χ4n) is 5.17. The van der Waals surface area contributed by atoms with Gasteiger partial charge in [-0.05, 0) is 74.0 Å². The predicted molar refractivity (Wildman–Crippen MR) is 146 cm³/mol. The van der Waals surface area contributed by atoms with Crippen LogP contribution in [0.1, 0.15) is 107 Å². The summed E-state index contributed by atoms with van der Waals surface area (Å²) in [5.41, 5.74) is 4.76. The number of nitrogens with one attached hydrogen (secondary N) is 1. The number of ether oxygens (including phenoxy) is 1. The largest absolute Gasteiger partial charge is 0.508 e. The van der Waals surface area contributed by atoms with Crippen LogP contribution in [-0.4, -0.2) is 24.8 Å². The van der Waals surface area contributed by atoms with Crippen molar-refractivity contribution in [3.8, 4) is 11.5 Å². The van der Waals surface area contributed by atoms with E-state index in [0.717, 1.165) is 50.1 Å². The first-order chi connectivity index (χ1) is 16.5. The van der Waals surface area contributed by atoms with E-state index >= 15 is 0 Å². The Morgan fingerprint density at radius 2 is 1.35 bits per heavy atom. The molecule has 2 rings (SSSR count). The molecule has 3 heteroatoms. The van der Waals surface area contributed by atoms with Gasteiger partial charge >= 0.3 is 0 Å². The van der Waals surface area contributed by atoms with E-state index in [9.17, 15) is 5.11 Å². The Kier molecular flexibility index (Phi) is 12.5. The van der Waals surface area contributed by atoms with Crippen molar-refractivity contribution >= 4 is 0 Å². The minimum atomic E-state index is -0.0378. The van der Waals surface area contributed by atoms with Crippen LogP contribution in [0.4, 0.5) is 0 Å². The van der Waals surface area contributed by atoms with Crippen molar-refractivity contribution in [2.24, 2.45) is 0 Å². The fourth-order valence-corrected chi connectivity index (χ4v) is 5.17. The Morgan fingerprint density at radius 3 is 1.97 bits per heavy atom. The molecule has 0 fully saturated rings. The molecular formula is C31H49NO2. The predicted octanol–water partition coefficient (Wildman–Crippen LogP) is 8.22. The van der Waals surface area contributed by atoms with Crippen LogP contribution in [0.3, 0.4) is 0 Å². The van der Waals surface area contributed by atoms with Crippen LogP contribution in [-0.2, 0) is 5.41 Å². The number of hydrogen-bond donors (Lipinski definition) is 2. The van der Waals surface area contributed by atoms with Crippen molar-refractivity contribution in [3.63, 3.8) is 0 Å². The van der Waals surface area contributed by atoms with Crippen molar-refractivity contribution < 1.29 is 9.84 Å². The van der Waals surface area contributed by atoms with E-state index in [1.165, 1.54) is 55.2 Å². The van der Waals surface area contributed by atoms with E-state index in [1.54, 1.807) is 0 Å². The lowest BCUT2D eigenvalue weighted by Gasteiger charge is -2.36. The molecule has 2 N–H and O–H groups in total. The zero-order valence-electron chi connectivity index (χ0n) is 22.5. The molecule has 34 heavy (non-hydrogen) atoms. The zero-order valence-corrected chi connectivity index (χ0v) is 22.5. The number of aryl methyl sites for hydroxylation is 2. The van der Waals surface area contributed by atoms with Crippen LogP contribution in [0.25, 0.3) is 0 Å². The van der Waals surface area contributed by atoms with Crippen molar-refractivity contribution in [3.05, 3.63) is 58.7 Å². The second kappa shape index (κ2) is 15.1. The minimum Gasteiger partial charge on any atom is -0.508 e. The normalized spacial score (nSPS) is 11.7. The maximum absolute atomic E-state index is 10.1. The van der Waals surface area contributed by atoms with Gasteiger partial charge in [-0.3, -0.25) is 0 Å². The van der Waals surface area contributed by atoms with Gasteiger partial charge in [-0.25, -0.2) is 0 Å². The van der Waals surface area contributed by atoms with Gasteiger partial charge in [-0.1, -0.05) is 90.0 Å². The highest BCUT2D eigenvalue weighted by atomic mass is 16.5. The molecule has 0 atom stereocenters. The topological polar surface area (TPSA) is 41.5 Å². The summed E-state index contributed by atoms with van der Waals surface area (Å²) in [7, 11) is 0. The number of unbranched alkanes of at least 4 members (excludes halogenated alkanes) is 5. The summed E-state index contributed by atoms with van der Waals surface area (Å²) < 4.78 is 6.13. The van der Waals surface area contributed by atoms with E-state index in [-0.39, 0.29) is 5.41 Å². The summed E-state index contributed by atoms with van der Waals surface area (Å²) in [5, 5.41) is 13.6. The van der Waals surface area contributed by atoms with Gasteiger partial charge in [0.05, 0.1) is 0 Å². The van der Waals surface area contributed by atoms with E-state index in [4.69, 9.17) is 4.74 Å². The highest BCUT2D eigenvalue weighted by Crippen LogP contribution is 2.43. The van der Waals surface area contributed by atoms with E-state index < -0.39 is 0 Å². The number of phenols is 1. The summed E-state index contributed by atoms with van der Waals surface area (Å²) in [6.07, 6.45) is 12.4. The van der Waals surface area contributed by atoms with Gasteiger partial charge in [0.15, 0.2) is 0 Å². The second-order valence-electron chi connectivity index (χ2n) is 9.93. The van der Waals surface area contributed by atoms with Gasteiger partial charge in [0.25, 0.3) is 0 Å². The number of benzene rings is 2. The Labute approximate surface area is 209 Å². The monoisotopic (exact) mass is 467 g/mol. The molecule has 190 valence electrons.